The number of piperidine rings is 1. The summed E-state index contributed by atoms with van der Waals surface area (Å²) in [5.41, 5.74) is 0.961. The van der Waals surface area contributed by atoms with Crippen molar-refractivity contribution in [3.8, 4) is 6.07 Å². The van der Waals surface area contributed by atoms with Crippen molar-refractivity contribution in [2.75, 3.05) is 19.6 Å². The van der Waals surface area contributed by atoms with Crippen molar-refractivity contribution in [3.05, 3.63) is 29.3 Å². The number of hydrogen-bond acceptors (Lipinski definition) is 4. The van der Waals surface area contributed by atoms with Crippen molar-refractivity contribution < 1.29 is 8.42 Å². The molecule has 0 atom stereocenters. The number of nitrogens with zero attached hydrogens (tertiary/aromatic N) is 2. The van der Waals surface area contributed by atoms with Gasteiger partial charge in [0, 0.05) is 12.6 Å². The lowest BCUT2D eigenvalue weighted by Crippen LogP contribution is -2.46. The number of rotatable bonds is 5. The van der Waals surface area contributed by atoms with Crippen molar-refractivity contribution in [2.24, 2.45) is 0 Å². The highest BCUT2D eigenvalue weighted by Gasteiger charge is 2.33. The highest BCUT2D eigenvalue weighted by atomic mass is 32.2. The van der Waals surface area contributed by atoms with Gasteiger partial charge in [0.25, 0.3) is 0 Å². The fourth-order valence-electron chi connectivity index (χ4n) is 2.94. The molecule has 0 aliphatic carbocycles. The van der Waals surface area contributed by atoms with Crippen LogP contribution in [0.25, 0.3) is 0 Å². The molecule has 1 saturated heterocycles. The zero-order valence-corrected chi connectivity index (χ0v) is 14.0. The molecule has 1 aliphatic rings. The van der Waals surface area contributed by atoms with E-state index in [1.807, 2.05) is 6.92 Å². The first-order valence-corrected chi connectivity index (χ1v) is 9.18. The van der Waals surface area contributed by atoms with E-state index >= 15 is 0 Å². The molecule has 2 rings (SSSR count). The van der Waals surface area contributed by atoms with E-state index < -0.39 is 10.0 Å². The first-order chi connectivity index (χ1) is 10.5. The van der Waals surface area contributed by atoms with E-state index in [1.54, 1.807) is 29.4 Å². The second-order valence-corrected chi connectivity index (χ2v) is 7.52. The third kappa shape index (κ3) is 3.32. The van der Waals surface area contributed by atoms with E-state index in [0.29, 0.717) is 12.1 Å². The zero-order chi connectivity index (χ0) is 16.2. The third-order valence-corrected chi connectivity index (χ3v) is 6.09. The summed E-state index contributed by atoms with van der Waals surface area (Å²) in [6.45, 7) is 5.90. The Bertz CT molecular complexity index is 658. The molecule has 0 aromatic heterocycles. The smallest absolute Gasteiger partial charge is 0.244 e. The summed E-state index contributed by atoms with van der Waals surface area (Å²) in [4.78, 5) is 0.141. The van der Waals surface area contributed by atoms with Gasteiger partial charge in [-0.1, -0.05) is 19.1 Å². The van der Waals surface area contributed by atoms with Crippen LogP contribution in [0.5, 0.6) is 0 Å². The van der Waals surface area contributed by atoms with Gasteiger partial charge >= 0.3 is 0 Å². The van der Waals surface area contributed by atoms with Gasteiger partial charge in [-0.25, -0.2) is 8.42 Å². The van der Waals surface area contributed by atoms with Gasteiger partial charge in [0.15, 0.2) is 0 Å². The molecule has 1 aromatic rings. The molecule has 1 heterocycles. The molecule has 0 saturated carbocycles. The van der Waals surface area contributed by atoms with E-state index in [2.05, 4.69) is 11.4 Å². The van der Waals surface area contributed by atoms with Gasteiger partial charge < -0.3 is 5.32 Å². The Balaban J connectivity index is 2.46. The third-order valence-electron chi connectivity index (χ3n) is 4.09. The largest absolute Gasteiger partial charge is 0.317 e. The van der Waals surface area contributed by atoms with Gasteiger partial charge in [0.05, 0.1) is 5.56 Å². The monoisotopic (exact) mass is 321 g/mol. The van der Waals surface area contributed by atoms with E-state index in [-0.39, 0.29) is 16.5 Å². The molecular formula is C16H23N3O2S. The average molecular weight is 321 g/mol. The van der Waals surface area contributed by atoms with Crippen LogP contribution in [0.1, 0.15) is 37.3 Å². The van der Waals surface area contributed by atoms with Gasteiger partial charge in [0.2, 0.25) is 10.0 Å². The van der Waals surface area contributed by atoms with Crippen LogP contribution in [0.4, 0.5) is 0 Å². The van der Waals surface area contributed by atoms with Crippen LogP contribution in [0.3, 0.4) is 0 Å². The average Bonchev–Trinajstić information content (AvgIpc) is 2.53. The van der Waals surface area contributed by atoms with Crippen molar-refractivity contribution >= 4 is 10.0 Å². The van der Waals surface area contributed by atoms with Crippen LogP contribution in [0.15, 0.2) is 23.1 Å². The molecule has 0 amide bonds. The molecule has 0 unspecified atom stereocenters. The lowest BCUT2D eigenvalue weighted by Gasteiger charge is -2.33. The molecule has 5 nitrogen and oxygen atoms in total. The Morgan fingerprint density at radius 3 is 2.64 bits per heavy atom. The summed E-state index contributed by atoms with van der Waals surface area (Å²) >= 11 is 0. The van der Waals surface area contributed by atoms with Gasteiger partial charge in [-0.2, -0.15) is 9.57 Å². The summed E-state index contributed by atoms with van der Waals surface area (Å²) in [6, 6.07) is 7.08. The molecule has 1 aromatic carbocycles. The SMILES string of the molecule is CCCN(C1CCNCC1)S(=O)(=O)c1cccc(C)c1C#N. The minimum absolute atomic E-state index is 0.0123. The number of benzene rings is 1. The molecule has 1 aliphatic heterocycles. The Morgan fingerprint density at radius 2 is 2.05 bits per heavy atom. The van der Waals surface area contributed by atoms with Gasteiger partial charge in [-0.15, -0.1) is 0 Å². The first-order valence-electron chi connectivity index (χ1n) is 7.74. The van der Waals surface area contributed by atoms with Crippen molar-refractivity contribution in [3.63, 3.8) is 0 Å². The van der Waals surface area contributed by atoms with Gasteiger partial charge in [0.1, 0.15) is 11.0 Å². The molecular weight excluding hydrogens is 298 g/mol. The number of hydrogen-bond donors (Lipinski definition) is 1. The van der Waals surface area contributed by atoms with E-state index in [4.69, 9.17) is 0 Å². The molecule has 22 heavy (non-hydrogen) atoms. The molecule has 120 valence electrons. The van der Waals surface area contributed by atoms with Gasteiger partial charge in [-0.3, -0.25) is 0 Å². The summed E-state index contributed by atoms with van der Waals surface area (Å²) in [6.07, 6.45) is 2.39. The van der Waals surface area contributed by atoms with Crippen LogP contribution in [0.2, 0.25) is 0 Å². The molecule has 0 radical (unpaired) electrons. The maximum atomic E-state index is 13.1. The van der Waals surface area contributed by atoms with Crippen molar-refractivity contribution in [2.45, 2.75) is 44.0 Å². The van der Waals surface area contributed by atoms with Crippen LogP contribution in [-0.4, -0.2) is 38.4 Å². The highest BCUT2D eigenvalue weighted by Crippen LogP contribution is 2.26. The van der Waals surface area contributed by atoms with E-state index in [9.17, 15) is 13.7 Å². The summed E-state index contributed by atoms with van der Waals surface area (Å²) in [7, 11) is -3.65. The summed E-state index contributed by atoms with van der Waals surface area (Å²) in [5, 5.41) is 12.6. The maximum Gasteiger partial charge on any atom is 0.244 e. The Hall–Kier alpha value is -1.42. The van der Waals surface area contributed by atoms with Crippen molar-refractivity contribution in [1.82, 2.24) is 9.62 Å². The fourth-order valence-corrected chi connectivity index (χ4v) is 4.93. The van der Waals surface area contributed by atoms with Crippen molar-refractivity contribution in [1.29, 1.82) is 5.26 Å². The topological polar surface area (TPSA) is 73.2 Å². The Morgan fingerprint density at radius 1 is 1.36 bits per heavy atom. The minimum Gasteiger partial charge on any atom is -0.317 e. The molecule has 0 spiro atoms. The first kappa shape index (κ1) is 16.9. The molecule has 0 bridgehead atoms. The highest BCUT2D eigenvalue weighted by molar-refractivity contribution is 7.89. The second-order valence-electron chi connectivity index (χ2n) is 5.66. The maximum absolute atomic E-state index is 13.1. The molecule has 1 fully saturated rings. The van der Waals surface area contributed by atoms with E-state index in [1.165, 1.54) is 0 Å². The lowest BCUT2D eigenvalue weighted by molar-refractivity contribution is 0.262. The fraction of sp³-hybridized carbons (Fsp3) is 0.562. The predicted octanol–water partition coefficient (Wildman–Crippen LogP) is 2.02. The van der Waals surface area contributed by atoms with Gasteiger partial charge in [-0.05, 0) is 50.9 Å². The second kappa shape index (κ2) is 7.23. The quantitative estimate of drug-likeness (QED) is 0.900. The summed E-state index contributed by atoms with van der Waals surface area (Å²) in [5.74, 6) is 0. The van der Waals surface area contributed by atoms with E-state index in [0.717, 1.165) is 32.4 Å². The van der Waals surface area contributed by atoms with Crippen LogP contribution < -0.4 is 5.32 Å². The Kier molecular flexibility index (Phi) is 5.57. The normalized spacial score (nSPS) is 16.6. The van der Waals surface area contributed by atoms with Crippen LogP contribution in [0, 0.1) is 18.3 Å². The standard InChI is InChI=1S/C16H23N3O2S/c1-3-11-19(14-7-9-18-10-8-14)22(20,21)16-6-4-5-13(2)15(16)12-17/h4-6,14,18H,3,7-11H2,1-2H3. The lowest BCUT2D eigenvalue weighted by atomic mass is 10.1. The van der Waals surface area contributed by atoms with Crippen LogP contribution >= 0.6 is 0 Å². The minimum atomic E-state index is -3.65. The molecule has 1 N–H and O–H groups in total. The zero-order valence-electron chi connectivity index (χ0n) is 13.2. The predicted molar refractivity (Wildman–Crippen MR) is 86.0 cm³/mol. The number of aryl methyl sites for hydroxylation is 1. The Labute approximate surface area is 133 Å². The number of nitrogens with one attached hydrogen (secondary N) is 1. The summed E-state index contributed by atoms with van der Waals surface area (Å²) < 4.78 is 27.8. The van der Waals surface area contributed by atoms with Crippen LogP contribution in [-0.2, 0) is 10.0 Å². The number of sulfonamides is 1. The molecule has 6 heteroatoms. The number of nitriles is 1.